The van der Waals surface area contributed by atoms with Crippen molar-refractivity contribution in [2.45, 2.75) is 116 Å². The van der Waals surface area contributed by atoms with E-state index in [1.165, 1.54) is 24.4 Å². The van der Waals surface area contributed by atoms with E-state index in [-0.39, 0.29) is 40.3 Å². The largest absolute Gasteiger partial charge is 0.507 e. The van der Waals surface area contributed by atoms with Crippen molar-refractivity contribution in [1.82, 2.24) is 9.80 Å². The van der Waals surface area contributed by atoms with Crippen LogP contribution < -0.4 is 0 Å². The van der Waals surface area contributed by atoms with Gasteiger partial charge in [0.1, 0.15) is 11.5 Å². The van der Waals surface area contributed by atoms with Crippen LogP contribution in [-0.4, -0.2) is 111 Å². The minimum Gasteiger partial charge on any atom is -0.507 e. The quantitative estimate of drug-likeness (QED) is 0.168. The molecule has 5 rings (SSSR count). The fraction of sp³-hybridized carbons (Fsp3) is 0.600. The molecule has 11 heteroatoms. The Bertz CT molecular complexity index is 1570. The summed E-state index contributed by atoms with van der Waals surface area (Å²) >= 11 is 0. The van der Waals surface area contributed by atoms with Crippen LogP contribution in [0, 0.1) is 0 Å². The number of aliphatic imine (C=N–C) groups is 2. The maximum absolute atomic E-state index is 11.5. The maximum atomic E-state index is 11.5. The molecular weight excluding hydrogens is 682 g/mol. The van der Waals surface area contributed by atoms with Crippen molar-refractivity contribution in [3.05, 3.63) is 58.1 Å². The Labute approximate surface area is 315 Å². The number of carboxylic acid groups (broad SMARTS) is 2. The molecule has 0 bridgehead atoms. The molecule has 2 atom stereocenters. The number of fused-ring (bicyclic) bond motifs is 1. The number of phenolic OH excluding ortho intramolecular Hbond substituents is 2. The fourth-order valence-electron chi connectivity index (χ4n) is 7.32. The van der Waals surface area contributed by atoms with Crippen LogP contribution in [0.4, 0.5) is 4.79 Å². The molecule has 1 aliphatic carbocycles. The van der Waals surface area contributed by atoms with Crippen molar-refractivity contribution in [1.29, 1.82) is 0 Å². The van der Waals surface area contributed by atoms with Gasteiger partial charge in [-0.3, -0.25) is 24.4 Å². The summed E-state index contributed by atoms with van der Waals surface area (Å²) in [5, 5.41) is 36.4. The van der Waals surface area contributed by atoms with E-state index < -0.39 is 6.16 Å². The Morgan fingerprint density at radius 1 is 0.863 bits per heavy atom. The number of hydrogen-bond donors (Lipinski definition) is 4. The van der Waals surface area contributed by atoms with Crippen LogP contribution in [0.3, 0.4) is 0 Å². The van der Waals surface area contributed by atoms with Gasteiger partial charge in [0.25, 0.3) is 0 Å². The SMILES string of the molecule is C[N+]1=C2N(CCCc3cc(C(C)(C)C)cc(C=NC4CCCCC4N=Cc4cccc(C(C)(C)C)c4O)c3O)CCCN2CCC1.O=C(O)O.[Cr]. The molecule has 2 fully saturated rings. The summed E-state index contributed by atoms with van der Waals surface area (Å²) in [6.45, 7) is 18.6. The van der Waals surface area contributed by atoms with Gasteiger partial charge in [-0.05, 0) is 65.3 Å². The van der Waals surface area contributed by atoms with Gasteiger partial charge in [-0.2, -0.15) is 0 Å². The number of carbonyl (C=O) groups is 1. The minimum absolute atomic E-state index is 0. The molecule has 2 aromatic carbocycles. The van der Waals surface area contributed by atoms with Crippen molar-refractivity contribution < 1.29 is 47.2 Å². The summed E-state index contributed by atoms with van der Waals surface area (Å²) in [5.41, 5.74) is 4.53. The molecule has 280 valence electrons. The van der Waals surface area contributed by atoms with Crippen molar-refractivity contribution in [2.24, 2.45) is 9.98 Å². The Morgan fingerprint density at radius 2 is 1.47 bits per heavy atom. The Morgan fingerprint density at radius 3 is 2.08 bits per heavy atom. The average molecular weight is 743 g/mol. The van der Waals surface area contributed by atoms with Gasteiger partial charge >= 0.3 is 12.1 Å². The first-order valence-electron chi connectivity index (χ1n) is 18.3. The first-order chi connectivity index (χ1) is 23.6. The normalized spacial score (nSPS) is 19.8. The molecule has 3 aliphatic rings. The van der Waals surface area contributed by atoms with E-state index in [9.17, 15) is 10.2 Å². The van der Waals surface area contributed by atoms with E-state index in [0.717, 1.165) is 93.5 Å². The molecular formula is C40H60CrN5O5+. The third kappa shape index (κ3) is 11.5. The number of rotatable bonds is 8. The molecule has 0 radical (unpaired) electrons. The molecule has 2 aromatic rings. The summed E-state index contributed by atoms with van der Waals surface area (Å²) < 4.78 is 2.42. The Kier molecular flexibility index (Phi) is 15.0. The average Bonchev–Trinajstić information content (AvgIpc) is 3.03. The fourth-order valence-corrected chi connectivity index (χ4v) is 7.32. The zero-order valence-electron chi connectivity index (χ0n) is 31.7. The summed E-state index contributed by atoms with van der Waals surface area (Å²) in [6, 6.07) is 10.3. The van der Waals surface area contributed by atoms with Crippen LogP contribution >= 0.6 is 0 Å². The zero-order valence-corrected chi connectivity index (χ0v) is 33.0. The van der Waals surface area contributed by atoms with E-state index in [1.54, 1.807) is 0 Å². The first kappa shape index (κ1) is 41.9. The first-order valence-corrected chi connectivity index (χ1v) is 18.3. The smallest absolute Gasteiger partial charge is 0.503 e. The van der Waals surface area contributed by atoms with Crippen LogP contribution in [0.2, 0.25) is 0 Å². The Balaban J connectivity index is 0.00000133. The third-order valence-corrected chi connectivity index (χ3v) is 10.0. The minimum atomic E-state index is -1.83. The number of benzene rings is 2. The maximum Gasteiger partial charge on any atom is 0.503 e. The summed E-state index contributed by atoms with van der Waals surface area (Å²) in [7, 11) is 2.22. The summed E-state index contributed by atoms with van der Waals surface area (Å²) in [6.07, 6.45) is 10.4. The second-order valence-electron chi connectivity index (χ2n) is 16.1. The molecule has 10 nitrogen and oxygen atoms in total. The van der Waals surface area contributed by atoms with Gasteiger partial charge < -0.3 is 20.4 Å². The van der Waals surface area contributed by atoms with Crippen molar-refractivity contribution in [3.63, 3.8) is 0 Å². The monoisotopic (exact) mass is 742 g/mol. The van der Waals surface area contributed by atoms with Gasteiger partial charge in [0.05, 0.1) is 51.9 Å². The number of phenols is 2. The Hall–Kier alpha value is -3.55. The molecule has 2 unspecified atom stereocenters. The molecule has 0 aromatic heterocycles. The molecule has 4 N–H and O–H groups in total. The molecule has 2 heterocycles. The predicted molar refractivity (Wildman–Crippen MR) is 202 cm³/mol. The summed E-state index contributed by atoms with van der Waals surface area (Å²) in [5.74, 6) is 2.06. The standard InChI is InChI=1S/C39H57N5O2.CH2O3.Cr/c1-38(2,3)31-24-28(15-11-20-43-22-13-23-44-21-12-19-42(7)37(43)44)35(45)30(25-31)27-41-34-18-9-8-17-33(34)40-26-29-14-10-16-32(36(29)46)39(4,5)6;2-1(3)4;/h10,14,16,24-27,33-34H,8-9,11-13,15,17-23H2,1-7H3,(H-,40,41,45,46);(H2,2,3,4);/p+1. The molecule has 0 spiro atoms. The third-order valence-electron chi connectivity index (χ3n) is 10.0. The van der Waals surface area contributed by atoms with Crippen molar-refractivity contribution in [2.75, 3.05) is 39.8 Å². The van der Waals surface area contributed by atoms with Gasteiger partial charge in [-0.1, -0.05) is 72.6 Å². The van der Waals surface area contributed by atoms with E-state index in [1.807, 2.05) is 30.6 Å². The van der Waals surface area contributed by atoms with Crippen molar-refractivity contribution >= 4 is 24.5 Å². The summed E-state index contributed by atoms with van der Waals surface area (Å²) in [4.78, 5) is 23.7. The number of para-hydroxylation sites is 1. The van der Waals surface area contributed by atoms with Crippen molar-refractivity contribution in [3.8, 4) is 11.5 Å². The number of guanidine groups is 1. The van der Waals surface area contributed by atoms with Crippen LogP contribution in [0.25, 0.3) is 0 Å². The second-order valence-corrected chi connectivity index (χ2v) is 16.1. The zero-order chi connectivity index (χ0) is 36.6. The van der Waals surface area contributed by atoms with Crippen LogP contribution in [0.5, 0.6) is 11.5 Å². The van der Waals surface area contributed by atoms with E-state index in [2.05, 4.69) is 75.1 Å². The molecule has 1 saturated carbocycles. The van der Waals surface area contributed by atoms with E-state index in [0.29, 0.717) is 11.5 Å². The van der Waals surface area contributed by atoms with E-state index >= 15 is 0 Å². The number of aromatic hydroxyl groups is 2. The number of aryl methyl sites for hydroxylation is 1. The number of nitrogens with zero attached hydrogens (tertiary/aromatic N) is 5. The predicted octanol–water partition coefficient (Wildman–Crippen LogP) is 7.10. The van der Waals surface area contributed by atoms with Gasteiger partial charge in [-0.15, -0.1) is 0 Å². The molecule has 1 saturated heterocycles. The van der Waals surface area contributed by atoms with Crippen LogP contribution in [0.1, 0.15) is 114 Å². The topological polar surface area (TPSA) is 132 Å². The molecule has 51 heavy (non-hydrogen) atoms. The van der Waals surface area contributed by atoms with Gasteiger partial charge in [0.15, 0.2) is 0 Å². The van der Waals surface area contributed by atoms with Crippen LogP contribution in [0.15, 0.2) is 40.3 Å². The number of hydrogen-bond acceptors (Lipinski definition) is 7. The van der Waals surface area contributed by atoms with Crippen LogP contribution in [-0.2, 0) is 34.6 Å². The van der Waals surface area contributed by atoms with Gasteiger partial charge in [0.2, 0.25) is 0 Å². The molecule has 2 aliphatic heterocycles. The van der Waals surface area contributed by atoms with Gasteiger partial charge in [-0.25, -0.2) is 4.79 Å². The molecule has 0 amide bonds. The second kappa shape index (κ2) is 18.3. The van der Waals surface area contributed by atoms with E-state index in [4.69, 9.17) is 25.0 Å². The van der Waals surface area contributed by atoms with Gasteiger partial charge in [0, 0.05) is 53.8 Å².